The predicted molar refractivity (Wildman–Crippen MR) is 134 cm³/mol. The summed E-state index contributed by atoms with van der Waals surface area (Å²) in [5, 5.41) is 10.8. The van der Waals surface area contributed by atoms with E-state index >= 15 is 0 Å². The van der Waals surface area contributed by atoms with Crippen molar-refractivity contribution in [2.75, 3.05) is 13.2 Å². The normalized spacial score (nSPS) is 12.4. The maximum atomic E-state index is 13.0. The van der Waals surface area contributed by atoms with E-state index in [4.69, 9.17) is 4.74 Å². The van der Waals surface area contributed by atoms with Gasteiger partial charge in [0.25, 0.3) is 5.91 Å². The summed E-state index contributed by atoms with van der Waals surface area (Å²) in [6.07, 6.45) is 0.361. The largest absolute Gasteiger partial charge is 0.492 e. The van der Waals surface area contributed by atoms with E-state index < -0.39 is 18.1 Å². The molecule has 0 aliphatic rings. The van der Waals surface area contributed by atoms with Crippen LogP contribution < -0.4 is 15.4 Å². The van der Waals surface area contributed by atoms with Gasteiger partial charge in [-0.15, -0.1) is 11.3 Å². The van der Waals surface area contributed by atoms with Crippen LogP contribution in [0.3, 0.4) is 0 Å². The molecule has 3 aromatic heterocycles. The molecule has 0 fully saturated rings. The minimum Gasteiger partial charge on any atom is -0.492 e. The lowest BCUT2D eigenvalue weighted by atomic mass is 10.1. The lowest BCUT2D eigenvalue weighted by Gasteiger charge is -2.19. The second kappa shape index (κ2) is 11.0. The highest BCUT2D eigenvalue weighted by molar-refractivity contribution is 7.12. The van der Waals surface area contributed by atoms with Gasteiger partial charge in [-0.2, -0.15) is 18.3 Å². The maximum Gasteiger partial charge on any atom is 0.408 e. The van der Waals surface area contributed by atoms with Crippen LogP contribution in [0.2, 0.25) is 0 Å². The number of nitrogens with one attached hydrogen (secondary N) is 2. The number of alkyl halides is 3. The maximum absolute atomic E-state index is 13.0. The van der Waals surface area contributed by atoms with E-state index in [9.17, 15) is 22.8 Å². The third-order valence-electron chi connectivity index (χ3n) is 5.53. The monoisotopic (exact) mass is 531 g/mol. The summed E-state index contributed by atoms with van der Waals surface area (Å²) < 4.78 is 46.2. The standard InChI is InChI=1S/C25H24F3N5O3S/c1-3-22(25(26,27)28)32-24(35)21-10-17(14-37-21)20-12-31-33-13-18(11-30-23(20)33)16-4-6-19(7-5-16)36-9-8-29-15(2)34/h4-7,10-14,22H,3,8-9H2,1-2H3,(H,29,34)(H,32,35). The van der Waals surface area contributed by atoms with Gasteiger partial charge < -0.3 is 15.4 Å². The molecule has 2 N–H and O–H groups in total. The Kier molecular flexibility index (Phi) is 7.77. The molecule has 1 atom stereocenters. The SMILES string of the molecule is CCC(NC(=O)c1cc(-c2cnn3cc(-c4ccc(OCCNC(C)=O)cc4)cnc23)cs1)C(F)(F)F. The molecule has 0 aliphatic carbocycles. The minimum absolute atomic E-state index is 0.111. The molecule has 12 heteroatoms. The van der Waals surface area contributed by atoms with Crippen LogP contribution in [0.5, 0.6) is 5.75 Å². The molecule has 4 aromatic rings. The predicted octanol–water partition coefficient (Wildman–Crippen LogP) is 4.71. The molecular formula is C25H24F3N5O3S. The Morgan fingerprint density at radius 2 is 1.89 bits per heavy atom. The molecule has 1 unspecified atom stereocenters. The minimum atomic E-state index is -4.50. The van der Waals surface area contributed by atoms with Crippen molar-refractivity contribution in [3.63, 3.8) is 0 Å². The highest BCUT2D eigenvalue weighted by atomic mass is 32.1. The highest BCUT2D eigenvalue weighted by Gasteiger charge is 2.39. The molecular weight excluding hydrogens is 507 g/mol. The van der Waals surface area contributed by atoms with Crippen molar-refractivity contribution >= 4 is 28.8 Å². The number of hydrogen-bond donors (Lipinski definition) is 2. The topological polar surface area (TPSA) is 97.6 Å². The van der Waals surface area contributed by atoms with Crippen molar-refractivity contribution in [2.45, 2.75) is 32.5 Å². The number of hydrogen-bond acceptors (Lipinski definition) is 6. The first-order valence-corrected chi connectivity index (χ1v) is 12.3. The summed E-state index contributed by atoms with van der Waals surface area (Å²) in [6, 6.07) is 7.06. The van der Waals surface area contributed by atoms with E-state index in [1.54, 1.807) is 28.4 Å². The van der Waals surface area contributed by atoms with Crippen LogP contribution in [-0.4, -0.2) is 51.8 Å². The molecule has 4 rings (SSSR count). The molecule has 0 saturated carbocycles. The van der Waals surface area contributed by atoms with E-state index in [1.165, 1.54) is 13.8 Å². The number of thiophene rings is 1. The smallest absolute Gasteiger partial charge is 0.408 e. The molecule has 0 aliphatic heterocycles. The van der Waals surface area contributed by atoms with Crippen molar-refractivity contribution in [3.05, 3.63) is 59.2 Å². The Hall–Kier alpha value is -3.93. The van der Waals surface area contributed by atoms with Crippen LogP contribution in [0.4, 0.5) is 13.2 Å². The number of benzene rings is 1. The second-order valence-electron chi connectivity index (χ2n) is 8.20. The summed E-state index contributed by atoms with van der Waals surface area (Å²) >= 11 is 1.06. The van der Waals surface area contributed by atoms with E-state index in [2.05, 4.69) is 20.7 Å². The lowest BCUT2D eigenvalue weighted by Crippen LogP contribution is -2.44. The number of carbonyl (C=O) groups excluding carboxylic acids is 2. The van der Waals surface area contributed by atoms with Gasteiger partial charge in [0, 0.05) is 30.4 Å². The summed E-state index contributed by atoms with van der Waals surface area (Å²) in [5.74, 6) is -0.211. The van der Waals surface area contributed by atoms with Gasteiger partial charge in [0.05, 0.1) is 17.6 Å². The number of aromatic nitrogens is 3. The van der Waals surface area contributed by atoms with Crippen molar-refractivity contribution in [1.82, 2.24) is 25.2 Å². The number of ether oxygens (including phenoxy) is 1. The molecule has 37 heavy (non-hydrogen) atoms. The van der Waals surface area contributed by atoms with Crippen molar-refractivity contribution < 1.29 is 27.5 Å². The van der Waals surface area contributed by atoms with Crippen LogP contribution in [0.1, 0.15) is 29.9 Å². The Balaban J connectivity index is 1.47. The van der Waals surface area contributed by atoms with Crippen LogP contribution in [0, 0.1) is 0 Å². The molecule has 8 nitrogen and oxygen atoms in total. The van der Waals surface area contributed by atoms with Crippen LogP contribution in [-0.2, 0) is 4.79 Å². The Morgan fingerprint density at radius 3 is 2.57 bits per heavy atom. The number of amides is 2. The number of carbonyl (C=O) groups is 2. The molecule has 0 radical (unpaired) electrons. The molecule has 2 amide bonds. The zero-order valence-corrected chi connectivity index (χ0v) is 20.8. The first-order chi connectivity index (χ1) is 17.7. The Bertz CT molecular complexity index is 1400. The summed E-state index contributed by atoms with van der Waals surface area (Å²) in [7, 11) is 0. The van der Waals surface area contributed by atoms with Gasteiger partial charge in [-0.05, 0) is 41.1 Å². The zero-order valence-electron chi connectivity index (χ0n) is 20.0. The molecule has 3 heterocycles. The fraction of sp³-hybridized carbons (Fsp3) is 0.280. The highest BCUT2D eigenvalue weighted by Crippen LogP contribution is 2.30. The number of rotatable bonds is 9. The fourth-order valence-corrected chi connectivity index (χ4v) is 4.42. The van der Waals surface area contributed by atoms with Gasteiger partial charge in [0.2, 0.25) is 5.91 Å². The molecule has 1 aromatic carbocycles. The second-order valence-corrected chi connectivity index (χ2v) is 9.11. The van der Waals surface area contributed by atoms with Crippen LogP contribution in [0.25, 0.3) is 27.9 Å². The zero-order chi connectivity index (χ0) is 26.6. The molecule has 0 saturated heterocycles. The van der Waals surface area contributed by atoms with Gasteiger partial charge >= 0.3 is 6.18 Å². The Morgan fingerprint density at radius 1 is 1.14 bits per heavy atom. The van der Waals surface area contributed by atoms with Gasteiger partial charge in [-0.25, -0.2) is 9.50 Å². The third-order valence-corrected chi connectivity index (χ3v) is 6.46. The van der Waals surface area contributed by atoms with Crippen LogP contribution >= 0.6 is 11.3 Å². The third kappa shape index (κ3) is 6.26. The van der Waals surface area contributed by atoms with Crippen molar-refractivity contribution in [1.29, 1.82) is 0 Å². The summed E-state index contributed by atoms with van der Waals surface area (Å²) in [5.41, 5.74) is 3.56. The average molecular weight is 532 g/mol. The average Bonchev–Trinajstić information content (AvgIpc) is 3.51. The Labute approximate surface area is 214 Å². The summed E-state index contributed by atoms with van der Waals surface area (Å²) in [4.78, 5) is 28.0. The first-order valence-electron chi connectivity index (χ1n) is 11.4. The number of fused-ring (bicyclic) bond motifs is 1. The fourth-order valence-electron chi connectivity index (χ4n) is 3.61. The van der Waals surface area contributed by atoms with E-state index in [0.29, 0.717) is 35.7 Å². The van der Waals surface area contributed by atoms with Crippen molar-refractivity contribution in [3.8, 4) is 28.0 Å². The van der Waals surface area contributed by atoms with E-state index in [-0.39, 0.29) is 17.2 Å². The van der Waals surface area contributed by atoms with Crippen molar-refractivity contribution in [2.24, 2.45) is 0 Å². The number of halogens is 3. The molecule has 194 valence electrons. The first kappa shape index (κ1) is 26.1. The number of nitrogens with zero attached hydrogens (tertiary/aromatic N) is 3. The van der Waals surface area contributed by atoms with Gasteiger partial charge in [0.15, 0.2) is 5.65 Å². The lowest BCUT2D eigenvalue weighted by molar-refractivity contribution is -0.153. The van der Waals surface area contributed by atoms with E-state index in [0.717, 1.165) is 22.5 Å². The quantitative estimate of drug-likeness (QED) is 0.305. The van der Waals surface area contributed by atoms with Gasteiger partial charge in [-0.3, -0.25) is 9.59 Å². The van der Waals surface area contributed by atoms with E-state index in [1.807, 2.05) is 30.5 Å². The molecule has 0 spiro atoms. The van der Waals surface area contributed by atoms with Gasteiger partial charge in [-0.1, -0.05) is 19.1 Å². The van der Waals surface area contributed by atoms with Gasteiger partial charge in [0.1, 0.15) is 18.4 Å². The van der Waals surface area contributed by atoms with Crippen LogP contribution in [0.15, 0.2) is 54.3 Å². The molecule has 0 bridgehead atoms. The summed E-state index contributed by atoms with van der Waals surface area (Å²) in [6.45, 7) is 3.59.